The number of benzene rings is 2. The zero-order valence-corrected chi connectivity index (χ0v) is 11.3. The topological polar surface area (TPSA) is 29.5 Å². The zero-order chi connectivity index (χ0) is 14.3. The van der Waals surface area contributed by atoms with Gasteiger partial charge in [-0.05, 0) is 18.2 Å². The number of anilines is 1. The van der Waals surface area contributed by atoms with E-state index in [1.807, 2.05) is 0 Å². The molecule has 1 atom stereocenters. The number of fused-ring (bicyclic) bond motifs is 1. The van der Waals surface area contributed by atoms with E-state index >= 15 is 4.39 Å². The van der Waals surface area contributed by atoms with Crippen LogP contribution in [0.1, 0.15) is 11.1 Å². The lowest BCUT2D eigenvalue weighted by molar-refractivity contribution is -0.126. The van der Waals surface area contributed by atoms with E-state index in [0.29, 0.717) is 22.6 Å². The maximum Gasteiger partial charge on any atom is 0.273 e. The molecule has 0 fully saturated rings. The fourth-order valence-corrected chi connectivity index (χ4v) is 2.61. The molecule has 102 valence electrons. The van der Waals surface area contributed by atoms with Crippen LogP contribution in [-0.4, -0.2) is 20.1 Å². The number of ether oxygens (including phenoxy) is 1. The Labute approximate surface area is 116 Å². The first-order chi connectivity index (χ1) is 9.59. The smallest absolute Gasteiger partial charge is 0.273 e. The molecule has 0 saturated carbocycles. The Kier molecular flexibility index (Phi) is 2.74. The SMILES string of the molecule is COc1ccc2c(c1)[C@@](F)(c1ccccc1)C(=O)N2C. The fourth-order valence-electron chi connectivity index (χ4n) is 2.61. The third-order valence-electron chi connectivity index (χ3n) is 3.71. The molecule has 1 heterocycles. The first kappa shape index (κ1) is 12.7. The van der Waals surface area contributed by atoms with Crippen LogP contribution in [0.2, 0.25) is 0 Å². The third kappa shape index (κ3) is 1.54. The van der Waals surface area contributed by atoms with Gasteiger partial charge in [-0.2, -0.15) is 0 Å². The Balaban J connectivity index is 2.26. The summed E-state index contributed by atoms with van der Waals surface area (Å²) in [6.45, 7) is 0. The van der Waals surface area contributed by atoms with Crippen molar-refractivity contribution in [2.75, 3.05) is 19.1 Å². The van der Waals surface area contributed by atoms with Crippen LogP contribution < -0.4 is 9.64 Å². The summed E-state index contributed by atoms with van der Waals surface area (Å²) in [6.07, 6.45) is 0. The standard InChI is InChI=1S/C16H14FNO2/c1-18-14-9-8-12(20-2)10-13(14)16(17,15(18)19)11-6-4-3-5-7-11/h3-10H,1-2H3/t16-/m0/s1. The molecule has 0 N–H and O–H groups in total. The lowest BCUT2D eigenvalue weighted by Crippen LogP contribution is -2.35. The van der Waals surface area contributed by atoms with Gasteiger partial charge in [0.05, 0.1) is 12.8 Å². The van der Waals surface area contributed by atoms with Crippen LogP contribution in [-0.2, 0) is 10.5 Å². The number of nitrogens with zero attached hydrogens (tertiary/aromatic N) is 1. The van der Waals surface area contributed by atoms with Crippen LogP contribution in [0.3, 0.4) is 0 Å². The van der Waals surface area contributed by atoms with Crippen molar-refractivity contribution in [1.29, 1.82) is 0 Å². The maximum absolute atomic E-state index is 15.6. The summed E-state index contributed by atoms with van der Waals surface area (Å²) in [4.78, 5) is 13.7. The first-order valence-electron chi connectivity index (χ1n) is 6.30. The lowest BCUT2D eigenvalue weighted by atomic mass is 9.89. The maximum atomic E-state index is 15.6. The molecule has 3 nitrogen and oxygen atoms in total. The van der Waals surface area contributed by atoms with E-state index in [4.69, 9.17) is 4.74 Å². The molecule has 4 heteroatoms. The highest BCUT2D eigenvalue weighted by Gasteiger charge is 2.52. The molecule has 0 radical (unpaired) electrons. The van der Waals surface area contributed by atoms with Crippen molar-refractivity contribution in [2.24, 2.45) is 0 Å². The van der Waals surface area contributed by atoms with Crippen LogP contribution >= 0.6 is 0 Å². The van der Waals surface area contributed by atoms with Gasteiger partial charge < -0.3 is 9.64 Å². The van der Waals surface area contributed by atoms with E-state index in [1.165, 1.54) is 12.0 Å². The predicted octanol–water partition coefficient (Wildman–Crippen LogP) is 2.88. The monoisotopic (exact) mass is 271 g/mol. The average molecular weight is 271 g/mol. The molecule has 1 aliphatic rings. The summed E-state index contributed by atoms with van der Waals surface area (Å²) in [5, 5.41) is 0. The van der Waals surface area contributed by atoms with Crippen LogP contribution in [0.5, 0.6) is 5.75 Å². The summed E-state index contributed by atoms with van der Waals surface area (Å²) in [5.41, 5.74) is -0.915. The number of likely N-dealkylation sites (N-methyl/N-ethyl adjacent to an activating group) is 1. The number of carbonyl (C=O) groups is 1. The minimum Gasteiger partial charge on any atom is -0.497 e. The quantitative estimate of drug-likeness (QED) is 0.840. The van der Waals surface area contributed by atoms with Gasteiger partial charge in [0.25, 0.3) is 5.91 Å². The van der Waals surface area contributed by atoms with Gasteiger partial charge in [0.2, 0.25) is 5.67 Å². The first-order valence-corrected chi connectivity index (χ1v) is 6.30. The van der Waals surface area contributed by atoms with E-state index in [1.54, 1.807) is 55.6 Å². The van der Waals surface area contributed by atoms with Gasteiger partial charge in [0.15, 0.2) is 0 Å². The van der Waals surface area contributed by atoms with Crippen molar-refractivity contribution in [3.05, 3.63) is 59.7 Å². The Morgan fingerprint density at radius 3 is 2.50 bits per heavy atom. The predicted molar refractivity (Wildman–Crippen MR) is 74.7 cm³/mol. The molecule has 2 aromatic carbocycles. The van der Waals surface area contributed by atoms with Crippen molar-refractivity contribution < 1.29 is 13.9 Å². The van der Waals surface area contributed by atoms with E-state index in [9.17, 15) is 4.79 Å². The van der Waals surface area contributed by atoms with E-state index in [2.05, 4.69) is 0 Å². The molecule has 0 aromatic heterocycles. The van der Waals surface area contributed by atoms with Gasteiger partial charge in [-0.15, -0.1) is 0 Å². The number of carbonyl (C=O) groups excluding carboxylic acids is 1. The number of amides is 1. The Morgan fingerprint density at radius 1 is 1.15 bits per heavy atom. The zero-order valence-electron chi connectivity index (χ0n) is 11.3. The summed E-state index contributed by atoms with van der Waals surface area (Å²) in [6, 6.07) is 13.5. The minimum absolute atomic E-state index is 0.329. The molecular formula is C16H14FNO2. The van der Waals surface area contributed by atoms with Crippen LogP contribution in [0.25, 0.3) is 0 Å². The number of alkyl halides is 1. The summed E-state index contributed by atoms with van der Waals surface area (Å²) >= 11 is 0. The number of hydrogen-bond donors (Lipinski definition) is 0. The number of rotatable bonds is 2. The molecule has 1 amide bonds. The van der Waals surface area contributed by atoms with Crippen LogP contribution in [0, 0.1) is 0 Å². The molecule has 1 aliphatic heterocycles. The molecule has 0 bridgehead atoms. The Morgan fingerprint density at radius 2 is 1.85 bits per heavy atom. The van der Waals surface area contributed by atoms with Crippen molar-refractivity contribution in [1.82, 2.24) is 0 Å². The second-order valence-electron chi connectivity index (χ2n) is 4.77. The highest BCUT2D eigenvalue weighted by molar-refractivity contribution is 6.09. The van der Waals surface area contributed by atoms with Crippen molar-refractivity contribution in [3.8, 4) is 5.75 Å². The number of hydrogen-bond acceptors (Lipinski definition) is 2. The second kappa shape index (κ2) is 4.34. The van der Waals surface area contributed by atoms with Crippen molar-refractivity contribution in [2.45, 2.75) is 5.67 Å². The lowest BCUT2D eigenvalue weighted by Gasteiger charge is -2.19. The molecule has 20 heavy (non-hydrogen) atoms. The molecule has 0 aliphatic carbocycles. The van der Waals surface area contributed by atoms with Gasteiger partial charge in [-0.1, -0.05) is 30.3 Å². The summed E-state index contributed by atoms with van der Waals surface area (Å²) < 4.78 is 20.7. The highest BCUT2D eigenvalue weighted by Crippen LogP contribution is 2.47. The summed E-state index contributed by atoms with van der Waals surface area (Å²) in [7, 11) is 3.10. The van der Waals surface area contributed by atoms with Gasteiger partial charge in [-0.25, -0.2) is 4.39 Å². The van der Waals surface area contributed by atoms with E-state index in [0.717, 1.165) is 0 Å². The normalized spacial score (nSPS) is 20.9. The van der Waals surface area contributed by atoms with Gasteiger partial charge in [-0.3, -0.25) is 4.79 Å². The molecule has 0 spiro atoms. The largest absolute Gasteiger partial charge is 0.497 e. The molecule has 0 unspecified atom stereocenters. The van der Waals surface area contributed by atoms with Crippen molar-refractivity contribution in [3.63, 3.8) is 0 Å². The highest BCUT2D eigenvalue weighted by atomic mass is 19.1. The second-order valence-corrected chi connectivity index (χ2v) is 4.77. The van der Waals surface area contributed by atoms with E-state index < -0.39 is 11.6 Å². The molecular weight excluding hydrogens is 257 g/mol. The summed E-state index contributed by atoms with van der Waals surface area (Å²) in [5.74, 6) is -0.0447. The van der Waals surface area contributed by atoms with Crippen LogP contribution in [0.15, 0.2) is 48.5 Å². The molecule has 2 aromatic rings. The van der Waals surface area contributed by atoms with Gasteiger partial charge in [0, 0.05) is 18.2 Å². The molecule has 0 saturated heterocycles. The minimum atomic E-state index is -2.15. The fraction of sp³-hybridized carbons (Fsp3) is 0.188. The Bertz CT molecular complexity index is 671. The van der Waals surface area contributed by atoms with E-state index in [-0.39, 0.29) is 0 Å². The average Bonchev–Trinajstić information content (AvgIpc) is 2.70. The third-order valence-corrected chi connectivity index (χ3v) is 3.71. The van der Waals surface area contributed by atoms with Gasteiger partial charge in [0.1, 0.15) is 5.75 Å². The van der Waals surface area contributed by atoms with Crippen LogP contribution in [0.4, 0.5) is 10.1 Å². The number of halogens is 1. The van der Waals surface area contributed by atoms with Crippen molar-refractivity contribution >= 4 is 11.6 Å². The van der Waals surface area contributed by atoms with Gasteiger partial charge >= 0.3 is 0 Å². The Hall–Kier alpha value is -2.36. The molecule has 3 rings (SSSR count). The number of methoxy groups -OCH3 is 1.